The molecule has 0 heterocycles. The van der Waals surface area contributed by atoms with E-state index < -0.39 is 67.8 Å². The summed E-state index contributed by atoms with van der Waals surface area (Å²) in [4.78, 5) is 25.0. The molecule has 0 aromatic heterocycles. The van der Waals surface area contributed by atoms with Crippen LogP contribution >= 0.6 is 46.4 Å². The van der Waals surface area contributed by atoms with E-state index in [1.165, 1.54) is 36.7 Å². The fourth-order valence-electron chi connectivity index (χ4n) is 6.93. The number of hydrogen-bond donors (Lipinski definition) is 2. The van der Waals surface area contributed by atoms with Gasteiger partial charge in [0.25, 0.3) is 11.8 Å². The number of amides is 2. The highest BCUT2D eigenvalue weighted by Crippen LogP contribution is 2.67. The van der Waals surface area contributed by atoms with Gasteiger partial charge in [-0.05, 0) is 74.2 Å². The van der Waals surface area contributed by atoms with Crippen LogP contribution in [-0.2, 0) is 0 Å². The minimum absolute atomic E-state index is 0.204. The fraction of sp³-hybridized carbons (Fsp3) is 0.467. The first kappa shape index (κ1) is 32.3. The van der Waals surface area contributed by atoms with Gasteiger partial charge in [0, 0.05) is 59.1 Å². The average molecular weight is 708 g/mol. The molecule has 4 saturated carbocycles. The van der Waals surface area contributed by atoms with Crippen LogP contribution in [0.4, 0.5) is 17.6 Å². The zero-order chi connectivity index (χ0) is 32.4. The summed E-state index contributed by atoms with van der Waals surface area (Å²) < 4.78 is 63.8. The third kappa shape index (κ3) is 5.57. The molecule has 4 bridgehead atoms. The number of hydrogen-bond acceptors (Lipinski definition) is 5. The second-order valence-electron chi connectivity index (χ2n) is 12.0. The number of benzene rings is 2. The second-order valence-corrected chi connectivity index (χ2v) is 14.2. The summed E-state index contributed by atoms with van der Waals surface area (Å²) in [7, 11) is 0. The van der Waals surface area contributed by atoms with Crippen LogP contribution in [0.3, 0.4) is 0 Å². The van der Waals surface area contributed by atoms with Gasteiger partial charge in [-0.3, -0.25) is 9.59 Å². The van der Waals surface area contributed by atoms with Gasteiger partial charge < -0.3 is 4.74 Å². The van der Waals surface area contributed by atoms with Crippen LogP contribution in [0.2, 0.25) is 0 Å². The first-order valence-electron chi connectivity index (χ1n) is 14.2. The third-order valence-corrected chi connectivity index (χ3v) is 11.9. The maximum atomic E-state index is 14.6. The predicted octanol–water partition coefficient (Wildman–Crippen LogP) is 7.84. The van der Waals surface area contributed by atoms with Crippen molar-refractivity contribution in [1.29, 1.82) is 0 Å². The maximum absolute atomic E-state index is 14.6. The minimum atomic E-state index is -2.69. The maximum Gasteiger partial charge on any atom is 0.271 e. The summed E-state index contributed by atoms with van der Waals surface area (Å²) in [5, 5.41) is -2.81. The van der Waals surface area contributed by atoms with Crippen molar-refractivity contribution >= 4 is 70.6 Å². The Morgan fingerprint density at radius 3 is 1.31 bits per heavy atom. The molecule has 4 aliphatic carbocycles. The van der Waals surface area contributed by atoms with Gasteiger partial charge in [0.05, 0.1) is 0 Å². The van der Waals surface area contributed by atoms with E-state index in [-0.39, 0.29) is 36.8 Å². The van der Waals surface area contributed by atoms with Crippen molar-refractivity contribution in [2.24, 2.45) is 45.7 Å². The quantitative estimate of drug-likeness (QED) is 0.127. The van der Waals surface area contributed by atoms with Gasteiger partial charge in [-0.25, -0.2) is 28.4 Å². The number of rotatable bonds is 8. The molecule has 0 saturated heterocycles. The van der Waals surface area contributed by atoms with Crippen molar-refractivity contribution in [3.05, 3.63) is 59.7 Å². The highest BCUT2D eigenvalue weighted by Gasteiger charge is 2.72. The average Bonchev–Trinajstić information content (AvgIpc) is 3.70. The number of carbonyl (C=O) groups is 2. The van der Waals surface area contributed by atoms with Gasteiger partial charge in [-0.1, -0.05) is 46.4 Å². The number of fused-ring (bicyclic) bond motifs is 4. The topological polar surface area (TPSA) is 92.1 Å². The van der Waals surface area contributed by atoms with Crippen LogP contribution in [-0.4, -0.2) is 44.8 Å². The summed E-state index contributed by atoms with van der Waals surface area (Å²) in [6.07, 6.45) is 3.71. The van der Waals surface area contributed by atoms with Crippen molar-refractivity contribution in [3.8, 4) is 11.5 Å². The monoisotopic (exact) mass is 706 g/mol. The molecule has 4 aliphatic rings. The lowest BCUT2D eigenvalue weighted by Gasteiger charge is -2.36. The van der Waals surface area contributed by atoms with Gasteiger partial charge >= 0.3 is 0 Å². The molecule has 15 heteroatoms. The number of ether oxygens (including phenoxy) is 1. The molecular formula is C30H26Cl4F4N4O3. The summed E-state index contributed by atoms with van der Waals surface area (Å²) in [6, 6.07) is 12.3. The Labute approximate surface area is 275 Å². The van der Waals surface area contributed by atoms with Crippen molar-refractivity contribution in [2.45, 2.75) is 46.2 Å². The number of nitrogens with one attached hydrogen (secondary N) is 2. The molecule has 2 N–H and O–H groups in total. The molecule has 0 spiro atoms. The first-order chi connectivity index (χ1) is 21.1. The Kier molecular flexibility index (Phi) is 8.32. The zero-order valence-electron chi connectivity index (χ0n) is 23.2. The normalized spacial score (nSPS) is 40.0. The van der Waals surface area contributed by atoms with Crippen LogP contribution in [0, 0.1) is 35.5 Å². The predicted molar refractivity (Wildman–Crippen MR) is 163 cm³/mol. The van der Waals surface area contributed by atoms with Crippen LogP contribution in [0.15, 0.2) is 58.7 Å². The molecule has 0 radical (unpaired) electrons. The van der Waals surface area contributed by atoms with E-state index in [4.69, 9.17) is 51.1 Å². The van der Waals surface area contributed by atoms with Gasteiger partial charge in [-0.2, -0.15) is 10.2 Å². The smallest absolute Gasteiger partial charge is 0.271 e. The van der Waals surface area contributed by atoms with Crippen molar-refractivity contribution < 1.29 is 31.9 Å². The number of halogens is 8. The van der Waals surface area contributed by atoms with Crippen LogP contribution in [0.25, 0.3) is 0 Å². The fourth-order valence-corrected chi connectivity index (χ4v) is 8.38. The van der Waals surface area contributed by atoms with Crippen molar-refractivity contribution in [3.63, 3.8) is 0 Å². The molecule has 45 heavy (non-hydrogen) atoms. The van der Waals surface area contributed by atoms with Crippen molar-refractivity contribution in [1.82, 2.24) is 10.9 Å². The van der Waals surface area contributed by atoms with Crippen LogP contribution in [0.5, 0.6) is 11.5 Å². The molecule has 6 rings (SSSR count). The number of hydrazone groups is 2. The number of alkyl halides is 8. The molecule has 2 aromatic carbocycles. The molecule has 10 unspecified atom stereocenters. The SMILES string of the molecule is O=C(NN=CC1CC2CC1C(F)(Cl)C2(F)Cl)c1ccc(Oc2ccc(C(=O)NN=CC3CC4CC3C(F)(Cl)C4(F)Cl)cc2)cc1. The van der Waals surface area contributed by atoms with E-state index >= 15 is 0 Å². The van der Waals surface area contributed by atoms with Gasteiger partial charge in [0.15, 0.2) is 0 Å². The lowest BCUT2D eigenvalue weighted by molar-refractivity contribution is 0.0289. The lowest BCUT2D eigenvalue weighted by Crippen LogP contribution is -2.47. The van der Waals surface area contributed by atoms with E-state index in [1.807, 2.05) is 0 Å². The molecule has 0 aliphatic heterocycles. The minimum Gasteiger partial charge on any atom is -0.457 e. The highest BCUT2D eigenvalue weighted by atomic mass is 35.5. The summed E-state index contributed by atoms with van der Waals surface area (Å²) in [6.45, 7) is 0. The molecular weight excluding hydrogens is 682 g/mol. The van der Waals surface area contributed by atoms with E-state index in [2.05, 4.69) is 21.1 Å². The summed E-state index contributed by atoms with van der Waals surface area (Å²) in [5.41, 5.74) is 5.30. The molecule has 10 atom stereocenters. The number of carbonyl (C=O) groups excluding carboxylic acids is 2. The Hall–Kier alpha value is -2.60. The molecule has 2 aromatic rings. The molecule has 2 amide bonds. The van der Waals surface area contributed by atoms with Crippen LogP contribution < -0.4 is 15.6 Å². The first-order valence-corrected chi connectivity index (χ1v) is 15.7. The molecule has 240 valence electrons. The van der Waals surface area contributed by atoms with Gasteiger partial charge in [0.1, 0.15) is 11.5 Å². The Morgan fingerprint density at radius 1 is 0.644 bits per heavy atom. The van der Waals surface area contributed by atoms with Gasteiger partial charge in [-0.15, -0.1) is 0 Å². The Bertz CT molecular complexity index is 1430. The Balaban J connectivity index is 0.967. The van der Waals surface area contributed by atoms with E-state index in [9.17, 15) is 27.2 Å². The standard InChI is InChI=1S/C30H26Cl4F4N4O3/c31-27(35)19-9-17(23(11-19)29(27,33)37)13-39-41-25(43)15-1-5-21(6-2-15)45-22-7-3-16(4-8-22)26(44)42-40-14-18-10-20-12-24(18)30(34,38)28(20,32)36/h1-8,13-14,17-20,23-24H,9-12H2,(H,41,43)(H,42,44). The van der Waals surface area contributed by atoms with E-state index in [1.54, 1.807) is 24.3 Å². The largest absolute Gasteiger partial charge is 0.457 e. The Morgan fingerprint density at radius 2 is 1.00 bits per heavy atom. The molecule has 7 nitrogen and oxygen atoms in total. The van der Waals surface area contributed by atoms with Gasteiger partial charge in [0.2, 0.25) is 20.5 Å². The van der Waals surface area contributed by atoms with Crippen LogP contribution in [0.1, 0.15) is 46.4 Å². The number of nitrogens with zero attached hydrogens (tertiary/aromatic N) is 2. The lowest BCUT2D eigenvalue weighted by atomic mass is 9.86. The van der Waals surface area contributed by atoms with E-state index in [0.717, 1.165) is 0 Å². The summed E-state index contributed by atoms with van der Waals surface area (Å²) >= 11 is 22.9. The zero-order valence-corrected chi connectivity index (χ0v) is 26.2. The second kappa shape index (κ2) is 11.6. The highest BCUT2D eigenvalue weighted by molar-refractivity contribution is 6.34. The molecule has 4 fully saturated rings. The van der Waals surface area contributed by atoms with Crippen molar-refractivity contribution in [2.75, 3.05) is 0 Å². The summed E-state index contributed by atoms with van der Waals surface area (Å²) in [5.74, 6) is -4.24. The third-order valence-electron chi connectivity index (χ3n) is 9.40. The van der Waals surface area contributed by atoms with E-state index in [0.29, 0.717) is 11.5 Å².